The van der Waals surface area contributed by atoms with E-state index >= 15 is 0 Å². The van der Waals surface area contributed by atoms with Gasteiger partial charge in [0.2, 0.25) is 0 Å². The predicted octanol–water partition coefficient (Wildman–Crippen LogP) is 2.83. The van der Waals surface area contributed by atoms with Gasteiger partial charge in [0.05, 0.1) is 44.1 Å². The minimum Gasteiger partial charge on any atom is -0.493 e. The number of para-hydroxylation sites is 1. The number of hydrogen-bond acceptors (Lipinski definition) is 6. The zero-order valence-electron chi connectivity index (χ0n) is 19.0. The second kappa shape index (κ2) is 10.4. The maximum Gasteiger partial charge on any atom is 0.319 e. The number of carbonyl (C=O) groups is 1. The van der Waals surface area contributed by atoms with Crippen LogP contribution in [-0.4, -0.2) is 54.6 Å². The number of fused-ring (bicyclic) bond motifs is 1. The number of nitrogens with one attached hydrogen (secondary N) is 2. The van der Waals surface area contributed by atoms with Gasteiger partial charge in [-0.15, -0.1) is 0 Å². The van der Waals surface area contributed by atoms with Gasteiger partial charge in [-0.1, -0.05) is 24.3 Å². The largest absolute Gasteiger partial charge is 0.493 e. The van der Waals surface area contributed by atoms with Crippen LogP contribution in [0.4, 0.5) is 10.5 Å². The summed E-state index contributed by atoms with van der Waals surface area (Å²) in [6.07, 6.45) is 2.39. The van der Waals surface area contributed by atoms with Crippen molar-refractivity contribution in [3.8, 4) is 11.5 Å². The molecule has 9 heteroatoms. The van der Waals surface area contributed by atoms with Crippen molar-refractivity contribution in [2.75, 3.05) is 39.2 Å². The Hall–Kier alpha value is -3.59. The van der Waals surface area contributed by atoms with Gasteiger partial charge in [-0.3, -0.25) is 4.79 Å². The number of urea groups is 1. The summed E-state index contributed by atoms with van der Waals surface area (Å²) in [5.41, 5.74) is 1.02. The van der Waals surface area contributed by atoms with Gasteiger partial charge < -0.3 is 25.0 Å². The summed E-state index contributed by atoms with van der Waals surface area (Å²) >= 11 is 0. The summed E-state index contributed by atoms with van der Waals surface area (Å²) in [6.45, 7) is 3.59. The third kappa shape index (κ3) is 5.09. The molecule has 0 aliphatic carbocycles. The lowest BCUT2D eigenvalue weighted by molar-refractivity contribution is 0.251. The van der Waals surface area contributed by atoms with E-state index in [2.05, 4.69) is 20.6 Å². The smallest absolute Gasteiger partial charge is 0.319 e. The standard InChI is InChI=1S/C24H29N5O4/c1-32-21-11-7-10-19(22(21)33-2)26-24(31)25-16-20-17-8-3-4-9-18(17)23(30)29(27-20)15-14-28-12-5-6-13-28/h3-4,7-11H,5-6,12-16H2,1-2H3,(H2,25,26,31). The average molecular weight is 452 g/mol. The van der Waals surface area contributed by atoms with Crippen molar-refractivity contribution in [1.29, 1.82) is 0 Å². The Bertz CT molecular complexity index is 1190. The summed E-state index contributed by atoms with van der Waals surface area (Å²) in [4.78, 5) is 27.9. The van der Waals surface area contributed by atoms with Gasteiger partial charge in [0, 0.05) is 11.9 Å². The van der Waals surface area contributed by atoms with Crippen LogP contribution in [0.1, 0.15) is 18.5 Å². The summed E-state index contributed by atoms with van der Waals surface area (Å²) in [5, 5.41) is 11.5. The van der Waals surface area contributed by atoms with E-state index in [1.807, 2.05) is 18.2 Å². The number of carbonyl (C=O) groups excluding carboxylic acids is 1. The molecule has 0 unspecified atom stereocenters. The molecule has 2 amide bonds. The summed E-state index contributed by atoms with van der Waals surface area (Å²) in [6, 6.07) is 12.2. The fraction of sp³-hybridized carbons (Fsp3) is 0.375. The van der Waals surface area contributed by atoms with Crippen LogP contribution in [0.3, 0.4) is 0 Å². The minimum atomic E-state index is -0.415. The van der Waals surface area contributed by atoms with E-state index in [0.717, 1.165) is 25.0 Å². The highest BCUT2D eigenvalue weighted by atomic mass is 16.5. The molecular formula is C24H29N5O4. The van der Waals surface area contributed by atoms with E-state index in [1.54, 1.807) is 24.3 Å². The van der Waals surface area contributed by atoms with Crippen LogP contribution >= 0.6 is 0 Å². The van der Waals surface area contributed by atoms with Crippen molar-refractivity contribution in [2.45, 2.75) is 25.9 Å². The Balaban J connectivity index is 1.51. The molecular weight excluding hydrogens is 422 g/mol. The number of benzene rings is 2. The molecule has 1 saturated heterocycles. The number of nitrogens with zero attached hydrogens (tertiary/aromatic N) is 3. The molecule has 2 heterocycles. The fourth-order valence-corrected chi connectivity index (χ4v) is 4.15. The van der Waals surface area contributed by atoms with Crippen molar-refractivity contribution < 1.29 is 14.3 Å². The summed E-state index contributed by atoms with van der Waals surface area (Å²) in [5.74, 6) is 0.960. The molecule has 0 bridgehead atoms. The van der Waals surface area contributed by atoms with E-state index in [-0.39, 0.29) is 12.1 Å². The molecule has 0 spiro atoms. The Morgan fingerprint density at radius 3 is 2.48 bits per heavy atom. The molecule has 0 saturated carbocycles. The van der Waals surface area contributed by atoms with Crippen LogP contribution < -0.4 is 25.7 Å². The number of likely N-dealkylation sites (tertiary alicyclic amines) is 1. The molecule has 2 N–H and O–H groups in total. The predicted molar refractivity (Wildman–Crippen MR) is 127 cm³/mol. The molecule has 4 rings (SSSR count). The Morgan fingerprint density at radius 2 is 1.76 bits per heavy atom. The SMILES string of the molecule is COc1cccc(NC(=O)NCc2nn(CCN3CCCC3)c(=O)c3ccccc23)c1OC. The zero-order valence-corrected chi connectivity index (χ0v) is 19.0. The van der Waals surface area contributed by atoms with Crippen LogP contribution in [0.2, 0.25) is 0 Å². The summed E-state index contributed by atoms with van der Waals surface area (Å²) < 4.78 is 12.2. The number of methoxy groups -OCH3 is 2. The normalized spacial score (nSPS) is 13.8. The van der Waals surface area contributed by atoms with Crippen molar-refractivity contribution in [3.05, 3.63) is 58.5 Å². The van der Waals surface area contributed by atoms with Gasteiger partial charge in [-0.2, -0.15) is 5.10 Å². The van der Waals surface area contributed by atoms with Gasteiger partial charge in [0.1, 0.15) is 0 Å². The van der Waals surface area contributed by atoms with Crippen LogP contribution in [0.25, 0.3) is 10.8 Å². The molecule has 0 radical (unpaired) electrons. The lowest BCUT2D eigenvalue weighted by Crippen LogP contribution is -2.33. The highest BCUT2D eigenvalue weighted by molar-refractivity contribution is 5.92. The highest BCUT2D eigenvalue weighted by Crippen LogP contribution is 2.34. The quantitative estimate of drug-likeness (QED) is 0.547. The number of aromatic nitrogens is 2. The third-order valence-corrected chi connectivity index (χ3v) is 5.84. The number of ether oxygens (including phenoxy) is 2. The Labute approximate surface area is 192 Å². The van der Waals surface area contributed by atoms with E-state index < -0.39 is 6.03 Å². The lowest BCUT2D eigenvalue weighted by Gasteiger charge is -2.17. The first-order chi connectivity index (χ1) is 16.1. The molecule has 1 aliphatic heterocycles. The molecule has 1 aromatic heterocycles. The lowest BCUT2D eigenvalue weighted by atomic mass is 10.1. The van der Waals surface area contributed by atoms with Crippen molar-refractivity contribution in [1.82, 2.24) is 20.0 Å². The molecule has 1 fully saturated rings. The Kier molecular flexibility index (Phi) is 7.09. The Morgan fingerprint density at radius 1 is 1.00 bits per heavy atom. The first-order valence-electron chi connectivity index (χ1n) is 11.1. The van der Waals surface area contributed by atoms with Crippen LogP contribution in [0, 0.1) is 0 Å². The molecule has 33 heavy (non-hydrogen) atoms. The van der Waals surface area contributed by atoms with Gasteiger partial charge >= 0.3 is 6.03 Å². The fourth-order valence-electron chi connectivity index (χ4n) is 4.15. The zero-order chi connectivity index (χ0) is 23.2. The average Bonchev–Trinajstić information content (AvgIpc) is 3.36. The monoisotopic (exact) mass is 451 g/mol. The number of rotatable bonds is 8. The first kappa shape index (κ1) is 22.6. The van der Waals surface area contributed by atoms with E-state index in [9.17, 15) is 9.59 Å². The van der Waals surface area contributed by atoms with E-state index in [4.69, 9.17) is 9.47 Å². The van der Waals surface area contributed by atoms with Crippen molar-refractivity contribution in [2.24, 2.45) is 0 Å². The third-order valence-electron chi connectivity index (χ3n) is 5.84. The van der Waals surface area contributed by atoms with E-state index in [1.165, 1.54) is 31.7 Å². The molecule has 9 nitrogen and oxygen atoms in total. The first-order valence-corrected chi connectivity index (χ1v) is 11.1. The van der Waals surface area contributed by atoms with Gasteiger partial charge in [-0.25, -0.2) is 9.48 Å². The molecule has 1 aliphatic rings. The molecule has 0 atom stereocenters. The van der Waals surface area contributed by atoms with Crippen molar-refractivity contribution in [3.63, 3.8) is 0 Å². The number of amides is 2. The second-order valence-corrected chi connectivity index (χ2v) is 7.92. The number of anilines is 1. The maximum absolute atomic E-state index is 13.0. The van der Waals surface area contributed by atoms with Crippen molar-refractivity contribution >= 4 is 22.5 Å². The van der Waals surface area contributed by atoms with Crippen LogP contribution in [0.15, 0.2) is 47.3 Å². The molecule has 2 aromatic carbocycles. The molecule has 174 valence electrons. The van der Waals surface area contributed by atoms with Gasteiger partial charge in [0.15, 0.2) is 11.5 Å². The van der Waals surface area contributed by atoms with Crippen LogP contribution in [-0.2, 0) is 13.1 Å². The van der Waals surface area contributed by atoms with E-state index in [0.29, 0.717) is 34.8 Å². The van der Waals surface area contributed by atoms with Crippen LogP contribution in [0.5, 0.6) is 11.5 Å². The number of hydrogen-bond donors (Lipinski definition) is 2. The van der Waals surface area contributed by atoms with Gasteiger partial charge in [-0.05, 0) is 44.1 Å². The second-order valence-electron chi connectivity index (χ2n) is 7.92. The highest BCUT2D eigenvalue weighted by Gasteiger charge is 2.16. The van der Waals surface area contributed by atoms with Gasteiger partial charge in [0.25, 0.3) is 5.56 Å². The minimum absolute atomic E-state index is 0.112. The summed E-state index contributed by atoms with van der Waals surface area (Å²) in [7, 11) is 3.06. The maximum atomic E-state index is 13.0. The molecule has 3 aromatic rings. The topological polar surface area (TPSA) is 97.7 Å².